The molecule has 0 heterocycles. The van der Waals surface area contributed by atoms with Gasteiger partial charge in [0.05, 0.1) is 12.8 Å². The fraction of sp³-hybridized carbons (Fsp3) is 0.375. The van der Waals surface area contributed by atoms with Gasteiger partial charge in [0.15, 0.2) is 5.76 Å². The van der Waals surface area contributed by atoms with Crippen LogP contribution in [-0.4, -0.2) is 12.9 Å². The zero-order chi connectivity index (χ0) is 8.43. The Morgan fingerprint density at radius 2 is 2.18 bits per heavy atom. The van der Waals surface area contributed by atoms with Crippen LogP contribution in [0.4, 0.5) is 0 Å². The molecule has 1 atom stereocenters. The van der Waals surface area contributed by atoms with Crippen LogP contribution in [-0.2, 0) is 9.53 Å². The SMILES string of the molecule is COC1=CC(C)C=C(N)C1=O. The van der Waals surface area contributed by atoms with E-state index in [-0.39, 0.29) is 17.4 Å². The van der Waals surface area contributed by atoms with Crippen LogP contribution >= 0.6 is 0 Å². The summed E-state index contributed by atoms with van der Waals surface area (Å²) >= 11 is 0. The Hall–Kier alpha value is -1.25. The molecular weight excluding hydrogens is 142 g/mol. The van der Waals surface area contributed by atoms with Gasteiger partial charge in [0.25, 0.3) is 0 Å². The monoisotopic (exact) mass is 153 g/mol. The molecule has 0 saturated carbocycles. The van der Waals surface area contributed by atoms with Crippen molar-refractivity contribution in [1.82, 2.24) is 0 Å². The molecule has 0 aromatic carbocycles. The van der Waals surface area contributed by atoms with Crippen LogP contribution in [0.3, 0.4) is 0 Å². The van der Waals surface area contributed by atoms with Gasteiger partial charge in [0.1, 0.15) is 0 Å². The Balaban J connectivity index is 2.91. The number of ether oxygens (including phenoxy) is 1. The van der Waals surface area contributed by atoms with Gasteiger partial charge in [0.2, 0.25) is 5.78 Å². The lowest BCUT2D eigenvalue weighted by Crippen LogP contribution is -2.19. The Bertz CT molecular complexity index is 240. The van der Waals surface area contributed by atoms with E-state index in [4.69, 9.17) is 10.5 Å². The second kappa shape index (κ2) is 2.78. The molecule has 1 aliphatic carbocycles. The molecule has 11 heavy (non-hydrogen) atoms. The third-order valence-electron chi connectivity index (χ3n) is 1.56. The number of hydrogen-bond acceptors (Lipinski definition) is 3. The summed E-state index contributed by atoms with van der Waals surface area (Å²) in [5, 5.41) is 0. The van der Waals surface area contributed by atoms with E-state index in [0.29, 0.717) is 5.76 Å². The smallest absolute Gasteiger partial charge is 0.242 e. The first-order chi connectivity index (χ1) is 5.15. The Labute approximate surface area is 65.5 Å². The third kappa shape index (κ3) is 1.42. The fourth-order valence-electron chi connectivity index (χ4n) is 1.02. The minimum Gasteiger partial charge on any atom is -0.493 e. The van der Waals surface area contributed by atoms with Crippen LogP contribution in [0.2, 0.25) is 0 Å². The zero-order valence-corrected chi connectivity index (χ0v) is 6.63. The van der Waals surface area contributed by atoms with Gasteiger partial charge in [-0.05, 0) is 12.0 Å². The maximum atomic E-state index is 11.1. The first-order valence-corrected chi connectivity index (χ1v) is 3.43. The lowest BCUT2D eigenvalue weighted by Gasteiger charge is -2.13. The standard InChI is InChI=1S/C8H11NO2/c1-5-3-6(9)8(10)7(4-5)11-2/h3-5H,9H2,1-2H3. The molecule has 60 valence electrons. The molecule has 3 heteroatoms. The van der Waals surface area contributed by atoms with Crippen molar-refractivity contribution in [3.8, 4) is 0 Å². The van der Waals surface area contributed by atoms with Crippen molar-refractivity contribution in [3.05, 3.63) is 23.6 Å². The van der Waals surface area contributed by atoms with Crippen LogP contribution in [0, 0.1) is 5.92 Å². The minimum absolute atomic E-state index is 0.183. The predicted octanol–water partition coefficient (Wildman–Crippen LogP) is 0.578. The largest absolute Gasteiger partial charge is 0.493 e. The Kier molecular flexibility index (Phi) is 1.98. The molecule has 0 radical (unpaired) electrons. The Morgan fingerprint density at radius 3 is 2.73 bits per heavy atom. The summed E-state index contributed by atoms with van der Waals surface area (Å²) in [6, 6.07) is 0. The van der Waals surface area contributed by atoms with Gasteiger partial charge < -0.3 is 10.5 Å². The number of ketones is 1. The normalized spacial score (nSPS) is 24.2. The summed E-state index contributed by atoms with van der Waals surface area (Å²) in [6.07, 6.45) is 3.46. The van der Waals surface area contributed by atoms with E-state index in [0.717, 1.165) is 0 Å². The fourth-order valence-corrected chi connectivity index (χ4v) is 1.02. The molecular formula is C8H11NO2. The van der Waals surface area contributed by atoms with Gasteiger partial charge >= 0.3 is 0 Å². The lowest BCUT2D eigenvalue weighted by molar-refractivity contribution is -0.115. The molecule has 0 bridgehead atoms. The number of allylic oxidation sites excluding steroid dienone is 2. The lowest BCUT2D eigenvalue weighted by atomic mass is 10.0. The minimum atomic E-state index is -0.217. The van der Waals surface area contributed by atoms with Crippen molar-refractivity contribution >= 4 is 5.78 Å². The number of carbonyl (C=O) groups is 1. The average molecular weight is 153 g/mol. The number of hydrogen-bond donors (Lipinski definition) is 1. The first kappa shape index (κ1) is 7.85. The van der Waals surface area contributed by atoms with Crippen molar-refractivity contribution < 1.29 is 9.53 Å². The van der Waals surface area contributed by atoms with Crippen molar-refractivity contribution in [2.45, 2.75) is 6.92 Å². The molecule has 3 nitrogen and oxygen atoms in total. The third-order valence-corrected chi connectivity index (χ3v) is 1.56. The van der Waals surface area contributed by atoms with Gasteiger partial charge in [-0.25, -0.2) is 0 Å². The van der Waals surface area contributed by atoms with Gasteiger partial charge in [-0.15, -0.1) is 0 Å². The topological polar surface area (TPSA) is 52.3 Å². The van der Waals surface area contributed by atoms with Gasteiger partial charge in [-0.3, -0.25) is 4.79 Å². The molecule has 0 aromatic rings. The van der Waals surface area contributed by atoms with Crippen molar-refractivity contribution in [2.24, 2.45) is 11.7 Å². The van der Waals surface area contributed by atoms with Crippen molar-refractivity contribution in [2.75, 3.05) is 7.11 Å². The molecule has 1 aliphatic rings. The van der Waals surface area contributed by atoms with Crippen molar-refractivity contribution in [3.63, 3.8) is 0 Å². The molecule has 0 saturated heterocycles. The van der Waals surface area contributed by atoms with E-state index in [1.165, 1.54) is 7.11 Å². The van der Waals surface area contributed by atoms with E-state index in [2.05, 4.69) is 0 Å². The molecule has 1 rings (SSSR count). The summed E-state index contributed by atoms with van der Waals surface area (Å²) in [4.78, 5) is 11.1. The summed E-state index contributed by atoms with van der Waals surface area (Å²) in [5.41, 5.74) is 5.70. The highest BCUT2D eigenvalue weighted by molar-refractivity contribution is 6.07. The first-order valence-electron chi connectivity index (χ1n) is 3.43. The predicted molar refractivity (Wildman–Crippen MR) is 41.5 cm³/mol. The van der Waals surface area contributed by atoms with Crippen LogP contribution in [0.5, 0.6) is 0 Å². The summed E-state index contributed by atoms with van der Waals surface area (Å²) in [6.45, 7) is 1.94. The second-order valence-electron chi connectivity index (χ2n) is 2.55. The second-order valence-corrected chi connectivity index (χ2v) is 2.55. The van der Waals surface area contributed by atoms with E-state index in [1.54, 1.807) is 12.2 Å². The van der Waals surface area contributed by atoms with E-state index in [9.17, 15) is 4.79 Å². The molecule has 0 fully saturated rings. The zero-order valence-electron chi connectivity index (χ0n) is 6.63. The summed E-state index contributed by atoms with van der Waals surface area (Å²) in [5.74, 6) is 0.311. The molecule has 0 aliphatic heterocycles. The van der Waals surface area contributed by atoms with Crippen LogP contribution in [0.1, 0.15) is 6.92 Å². The number of methoxy groups -OCH3 is 1. The number of nitrogens with two attached hydrogens (primary N) is 1. The number of rotatable bonds is 1. The van der Waals surface area contributed by atoms with Crippen LogP contribution in [0.15, 0.2) is 23.6 Å². The van der Waals surface area contributed by atoms with Crippen LogP contribution in [0.25, 0.3) is 0 Å². The molecule has 0 aromatic heterocycles. The number of Topliss-reactive ketones (excluding diaryl/α,β-unsaturated/α-hetero) is 1. The number of carbonyl (C=O) groups excluding carboxylic acids is 1. The van der Waals surface area contributed by atoms with Gasteiger partial charge in [0, 0.05) is 0 Å². The van der Waals surface area contributed by atoms with E-state index < -0.39 is 0 Å². The summed E-state index contributed by atoms with van der Waals surface area (Å²) < 4.78 is 4.83. The molecule has 0 amide bonds. The van der Waals surface area contributed by atoms with Gasteiger partial charge in [-0.2, -0.15) is 0 Å². The highest BCUT2D eigenvalue weighted by Crippen LogP contribution is 2.15. The molecule has 0 spiro atoms. The Morgan fingerprint density at radius 1 is 1.55 bits per heavy atom. The molecule has 2 N–H and O–H groups in total. The van der Waals surface area contributed by atoms with Crippen molar-refractivity contribution in [1.29, 1.82) is 0 Å². The quantitative estimate of drug-likeness (QED) is 0.599. The van der Waals surface area contributed by atoms with E-state index >= 15 is 0 Å². The summed E-state index contributed by atoms with van der Waals surface area (Å²) in [7, 11) is 1.47. The highest BCUT2D eigenvalue weighted by Gasteiger charge is 2.18. The van der Waals surface area contributed by atoms with Gasteiger partial charge in [-0.1, -0.05) is 13.0 Å². The van der Waals surface area contributed by atoms with E-state index in [1.807, 2.05) is 6.92 Å². The average Bonchev–Trinajstić information content (AvgIpc) is 1.96. The maximum Gasteiger partial charge on any atom is 0.242 e. The molecule has 1 unspecified atom stereocenters. The van der Waals surface area contributed by atoms with Crippen LogP contribution < -0.4 is 5.73 Å². The highest BCUT2D eigenvalue weighted by atomic mass is 16.5. The maximum absolute atomic E-state index is 11.1.